The summed E-state index contributed by atoms with van der Waals surface area (Å²) in [5.41, 5.74) is 0. The van der Waals surface area contributed by atoms with Gasteiger partial charge in [0.05, 0.1) is 37.1 Å². The molecular formula is C43H70O6Si. The third kappa shape index (κ3) is 11.7. The van der Waals surface area contributed by atoms with Crippen molar-refractivity contribution in [1.29, 1.82) is 0 Å². The molecule has 7 heteroatoms. The molecule has 0 aromatic heterocycles. The van der Waals surface area contributed by atoms with E-state index in [0.29, 0.717) is 6.42 Å². The highest BCUT2D eigenvalue weighted by Gasteiger charge is 2.51. The molecule has 2 aromatic carbocycles. The van der Waals surface area contributed by atoms with Crippen LogP contribution < -0.4 is 10.4 Å². The second-order valence-electron chi connectivity index (χ2n) is 16.5. The molecule has 2 aliphatic rings. The van der Waals surface area contributed by atoms with Crippen LogP contribution in [0.4, 0.5) is 0 Å². The largest absolute Gasteiger partial charge is 0.405 e. The van der Waals surface area contributed by atoms with Gasteiger partial charge in [0.25, 0.3) is 8.32 Å². The summed E-state index contributed by atoms with van der Waals surface area (Å²) >= 11 is 0. The summed E-state index contributed by atoms with van der Waals surface area (Å²) in [6.45, 7) is 13.2. The minimum absolute atomic E-state index is 0.0250. The lowest BCUT2D eigenvalue weighted by Gasteiger charge is -2.44. The highest BCUT2D eigenvalue weighted by Crippen LogP contribution is 2.38. The Morgan fingerprint density at radius 1 is 0.720 bits per heavy atom. The standard InChI is InChI=1S/C43H70O6Si/c1-7-8-9-10-11-12-13-14-15-22-28-40-41(49-43(5,6)48-40)32-31-36(44)38-29-23-30-39(47-38)37(45)33-46-50(42(2,3)4,34-24-18-16-19-25-34)35-26-20-17-21-27-35/h16-21,24-27,36-41,44-45H,7-15,22-23,28-33H2,1-6H3/t36-,37+,38+,39-,40+,41+/m0/s1. The molecular weight excluding hydrogens is 641 g/mol. The monoisotopic (exact) mass is 710 g/mol. The van der Waals surface area contributed by atoms with Crippen LogP contribution in [-0.2, 0) is 18.6 Å². The van der Waals surface area contributed by atoms with E-state index in [-0.39, 0.29) is 36.1 Å². The fourth-order valence-electron chi connectivity index (χ4n) is 8.28. The molecule has 2 fully saturated rings. The zero-order valence-corrected chi connectivity index (χ0v) is 33.3. The van der Waals surface area contributed by atoms with Gasteiger partial charge in [-0.15, -0.1) is 0 Å². The van der Waals surface area contributed by atoms with Crippen LogP contribution in [0.2, 0.25) is 5.04 Å². The maximum atomic E-state index is 11.5. The van der Waals surface area contributed by atoms with E-state index < -0.39 is 26.3 Å². The molecule has 4 rings (SSSR count). The number of aliphatic hydroxyl groups is 2. The van der Waals surface area contributed by atoms with E-state index in [2.05, 4.69) is 76.2 Å². The van der Waals surface area contributed by atoms with Gasteiger partial charge in [0.15, 0.2) is 5.79 Å². The predicted molar refractivity (Wildman–Crippen MR) is 208 cm³/mol. The minimum Gasteiger partial charge on any atom is -0.405 e. The van der Waals surface area contributed by atoms with Crippen LogP contribution in [0.3, 0.4) is 0 Å². The van der Waals surface area contributed by atoms with E-state index >= 15 is 0 Å². The molecule has 0 unspecified atom stereocenters. The second-order valence-corrected chi connectivity index (χ2v) is 20.8. The van der Waals surface area contributed by atoms with Gasteiger partial charge in [0, 0.05) is 0 Å². The van der Waals surface area contributed by atoms with Crippen molar-refractivity contribution >= 4 is 18.7 Å². The molecule has 0 radical (unpaired) electrons. The Hall–Kier alpha value is -1.58. The van der Waals surface area contributed by atoms with E-state index in [0.717, 1.165) is 38.5 Å². The van der Waals surface area contributed by atoms with Gasteiger partial charge < -0.3 is 28.8 Å². The molecule has 0 amide bonds. The molecule has 2 aliphatic heterocycles. The number of unbranched alkanes of at least 4 members (excludes halogenated alkanes) is 9. The SMILES string of the molecule is CCCCCCCCCCCC[C@H]1OC(C)(C)O[C@@H]1CC[C@H](O)[C@H]1CCC[C@@H]([C@H](O)CO[Si](c2ccccc2)(c2ccccc2)C(C)(C)C)O1. The Kier molecular flexibility index (Phi) is 16.5. The second kappa shape index (κ2) is 20.0. The van der Waals surface area contributed by atoms with Crippen LogP contribution in [0.25, 0.3) is 0 Å². The summed E-state index contributed by atoms with van der Waals surface area (Å²) in [6, 6.07) is 21.1. The van der Waals surface area contributed by atoms with Crippen LogP contribution in [0.15, 0.2) is 60.7 Å². The van der Waals surface area contributed by atoms with Crippen molar-refractivity contribution in [3.05, 3.63) is 60.7 Å². The van der Waals surface area contributed by atoms with Crippen molar-refractivity contribution in [2.24, 2.45) is 0 Å². The average molecular weight is 711 g/mol. The molecule has 6 nitrogen and oxygen atoms in total. The molecule has 0 saturated carbocycles. The van der Waals surface area contributed by atoms with Crippen molar-refractivity contribution in [2.45, 2.75) is 192 Å². The average Bonchev–Trinajstić information content (AvgIpc) is 3.41. The van der Waals surface area contributed by atoms with Crippen molar-refractivity contribution < 1.29 is 28.8 Å². The van der Waals surface area contributed by atoms with Crippen molar-refractivity contribution in [1.82, 2.24) is 0 Å². The van der Waals surface area contributed by atoms with Crippen molar-refractivity contribution in [3.8, 4) is 0 Å². The maximum absolute atomic E-state index is 11.5. The molecule has 2 saturated heterocycles. The molecule has 50 heavy (non-hydrogen) atoms. The topological polar surface area (TPSA) is 77.4 Å². The van der Waals surface area contributed by atoms with Crippen LogP contribution in [0.5, 0.6) is 0 Å². The Bertz CT molecular complexity index is 1160. The fourth-order valence-corrected chi connectivity index (χ4v) is 12.9. The summed E-state index contributed by atoms with van der Waals surface area (Å²) in [5, 5.41) is 25.1. The highest BCUT2D eigenvalue weighted by atomic mass is 28.4. The summed E-state index contributed by atoms with van der Waals surface area (Å²) in [7, 11) is -2.78. The first-order valence-corrected chi connectivity index (χ1v) is 22.0. The number of ether oxygens (including phenoxy) is 3. The van der Waals surface area contributed by atoms with Crippen LogP contribution in [0, 0.1) is 0 Å². The number of hydrogen-bond donors (Lipinski definition) is 2. The molecule has 0 spiro atoms. The molecule has 282 valence electrons. The third-order valence-electron chi connectivity index (χ3n) is 10.9. The van der Waals surface area contributed by atoms with Crippen LogP contribution in [0.1, 0.15) is 144 Å². The van der Waals surface area contributed by atoms with Gasteiger partial charge in [-0.1, -0.05) is 153 Å². The third-order valence-corrected chi connectivity index (χ3v) is 16.0. The van der Waals surface area contributed by atoms with Gasteiger partial charge in [0.2, 0.25) is 0 Å². The number of aliphatic hydroxyl groups excluding tert-OH is 2. The lowest BCUT2D eigenvalue weighted by Crippen LogP contribution is -2.67. The van der Waals surface area contributed by atoms with E-state index in [1.165, 1.54) is 68.2 Å². The first-order chi connectivity index (χ1) is 24.0. The van der Waals surface area contributed by atoms with Gasteiger partial charge in [-0.3, -0.25) is 0 Å². The van der Waals surface area contributed by atoms with E-state index in [1.54, 1.807) is 0 Å². The molecule has 6 atom stereocenters. The first kappa shape index (κ1) is 41.2. The quantitative estimate of drug-likeness (QED) is 0.0997. The molecule has 2 heterocycles. The molecule has 0 aliphatic carbocycles. The van der Waals surface area contributed by atoms with Gasteiger partial charge in [-0.2, -0.15) is 0 Å². The number of rotatable bonds is 21. The Balaban J connectivity index is 1.27. The molecule has 2 aromatic rings. The van der Waals surface area contributed by atoms with E-state index in [4.69, 9.17) is 18.6 Å². The van der Waals surface area contributed by atoms with Crippen molar-refractivity contribution in [3.63, 3.8) is 0 Å². The molecule has 2 N–H and O–H groups in total. The summed E-state index contributed by atoms with van der Waals surface area (Å²) in [4.78, 5) is 0. The normalized spacial score (nSPS) is 23.9. The Morgan fingerprint density at radius 2 is 1.20 bits per heavy atom. The highest BCUT2D eigenvalue weighted by molar-refractivity contribution is 6.99. The van der Waals surface area contributed by atoms with Crippen molar-refractivity contribution in [2.75, 3.05) is 6.61 Å². The smallest absolute Gasteiger partial charge is 0.261 e. The van der Waals surface area contributed by atoms with Gasteiger partial charge in [-0.05, 0) is 67.8 Å². The van der Waals surface area contributed by atoms with Crippen LogP contribution in [-0.4, -0.2) is 67.5 Å². The lowest BCUT2D eigenvalue weighted by molar-refractivity contribution is -0.154. The lowest BCUT2D eigenvalue weighted by atomic mass is 9.94. The Morgan fingerprint density at radius 3 is 1.72 bits per heavy atom. The van der Waals surface area contributed by atoms with Gasteiger partial charge >= 0.3 is 0 Å². The maximum Gasteiger partial charge on any atom is 0.261 e. The summed E-state index contributed by atoms with van der Waals surface area (Å²) in [6.07, 6.45) is 15.9. The van der Waals surface area contributed by atoms with Gasteiger partial charge in [0.1, 0.15) is 6.10 Å². The van der Waals surface area contributed by atoms with E-state index in [1.807, 2.05) is 26.0 Å². The first-order valence-electron chi connectivity index (χ1n) is 20.1. The van der Waals surface area contributed by atoms with E-state index in [9.17, 15) is 10.2 Å². The Labute approximate surface area is 305 Å². The molecule has 0 bridgehead atoms. The predicted octanol–water partition coefficient (Wildman–Crippen LogP) is 8.83. The number of hydrogen-bond acceptors (Lipinski definition) is 6. The number of benzene rings is 2. The summed E-state index contributed by atoms with van der Waals surface area (Å²) < 4.78 is 26.1. The summed E-state index contributed by atoms with van der Waals surface area (Å²) in [5.74, 6) is -0.597. The fraction of sp³-hybridized carbons (Fsp3) is 0.721. The minimum atomic E-state index is -2.78. The van der Waals surface area contributed by atoms with Gasteiger partial charge in [-0.25, -0.2) is 0 Å². The van der Waals surface area contributed by atoms with Crippen LogP contribution >= 0.6 is 0 Å². The zero-order chi connectivity index (χ0) is 36.0. The zero-order valence-electron chi connectivity index (χ0n) is 32.3.